The standard InChI is InChI=1S/C29H26F3NO8S/c1-37-21-10-11-24(26(16-21)39-3)28(34)33(18-22-7-5-13-40-22)17-19-9-12-25(38-2)27(14-19)41-42(35,36)23-8-4-6-20(15-23)29(30,31)32/h4-16H,17-18H2,1-3H3. The second-order valence-electron chi connectivity index (χ2n) is 8.86. The Morgan fingerprint density at radius 1 is 0.833 bits per heavy atom. The quantitative estimate of drug-likeness (QED) is 0.194. The molecule has 0 atom stereocenters. The fourth-order valence-electron chi connectivity index (χ4n) is 4.03. The number of nitrogens with zero attached hydrogens (tertiary/aromatic N) is 1. The van der Waals surface area contributed by atoms with Crippen molar-refractivity contribution in [3.8, 4) is 23.0 Å². The second kappa shape index (κ2) is 12.5. The summed E-state index contributed by atoms with van der Waals surface area (Å²) in [5.41, 5.74) is -0.478. The zero-order valence-electron chi connectivity index (χ0n) is 22.7. The van der Waals surface area contributed by atoms with Crippen LogP contribution in [-0.2, 0) is 29.4 Å². The largest absolute Gasteiger partial charge is 0.497 e. The van der Waals surface area contributed by atoms with Crippen LogP contribution in [0.2, 0.25) is 0 Å². The average molecular weight is 606 g/mol. The zero-order valence-corrected chi connectivity index (χ0v) is 23.5. The Balaban J connectivity index is 1.67. The third-order valence-corrected chi connectivity index (χ3v) is 7.33. The molecule has 0 aliphatic heterocycles. The number of hydrogen-bond donors (Lipinski definition) is 0. The first-order valence-electron chi connectivity index (χ1n) is 12.3. The van der Waals surface area contributed by atoms with Crippen molar-refractivity contribution in [1.82, 2.24) is 4.90 Å². The molecule has 4 aromatic rings. The van der Waals surface area contributed by atoms with Gasteiger partial charge in [-0.2, -0.15) is 21.6 Å². The van der Waals surface area contributed by atoms with Crippen LogP contribution >= 0.6 is 0 Å². The van der Waals surface area contributed by atoms with E-state index >= 15 is 0 Å². The summed E-state index contributed by atoms with van der Waals surface area (Å²) in [7, 11) is -0.515. The number of carbonyl (C=O) groups is 1. The molecule has 0 unspecified atom stereocenters. The molecule has 0 saturated carbocycles. The number of alkyl halides is 3. The van der Waals surface area contributed by atoms with Gasteiger partial charge in [0.15, 0.2) is 11.5 Å². The molecule has 0 fully saturated rings. The fraction of sp³-hybridized carbons (Fsp3) is 0.207. The number of amides is 1. The van der Waals surface area contributed by atoms with Crippen molar-refractivity contribution in [2.24, 2.45) is 0 Å². The highest BCUT2D eigenvalue weighted by Gasteiger charge is 2.32. The number of ether oxygens (including phenoxy) is 3. The van der Waals surface area contributed by atoms with Crippen LogP contribution in [-0.4, -0.2) is 40.6 Å². The summed E-state index contributed by atoms with van der Waals surface area (Å²) in [5, 5.41) is 0. The molecule has 9 nitrogen and oxygen atoms in total. The highest BCUT2D eigenvalue weighted by molar-refractivity contribution is 7.87. The maximum atomic E-state index is 13.7. The predicted octanol–water partition coefficient (Wildman–Crippen LogP) is 5.93. The predicted molar refractivity (Wildman–Crippen MR) is 144 cm³/mol. The normalized spacial score (nSPS) is 11.6. The molecule has 222 valence electrons. The molecule has 1 aromatic heterocycles. The maximum absolute atomic E-state index is 13.7. The average Bonchev–Trinajstić information content (AvgIpc) is 3.49. The van der Waals surface area contributed by atoms with Crippen LogP contribution in [0, 0.1) is 0 Å². The number of hydrogen-bond acceptors (Lipinski definition) is 8. The topological polar surface area (TPSA) is 105 Å². The second-order valence-corrected chi connectivity index (χ2v) is 10.4. The summed E-state index contributed by atoms with van der Waals surface area (Å²) >= 11 is 0. The number of halogens is 3. The van der Waals surface area contributed by atoms with E-state index in [0.717, 1.165) is 18.2 Å². The Kier molecular flexibility index (Phi) is 9.00. The van der Waals surface area contributed by atoms with E-state index in [1.807, 2.05) is 0 Å². The fourth-order valence-corrected chi connectivity index (χ4v) is 5.01. The molecule has 0 spiro atoms. The van der Waals surface area contributed by atoms with Crippen LogP contribution in [0.25, 0.3) is 0 Å². The molecule has 4 rings (SSSR count). The minimum absolute atomic E-state index is 0.00929. The number of benzene rings is 3. The Labute approximate surface area is 240 Å². The third kappa shape index (κ3) is 6.97. The van der Waals surface area contributed by atoms with Crippen LogP contribution in [0.3, 0.4) is 0 Å². The van der Waals surface area contributed by atoms with Gasteiger partial charge in [0, 0.05) is 12.6 Å². The van der Waals surface area contributed by atoms with Crippen molar-refractivity contribution in [2.75, 3.05) is 21.3 Å². The van der Waals surface area contributed by atoms with Crippen molar-refractivity contribution >= 4 is 16.0 Å². The van der Waals surface area contributed by atoms with E-state index in [4.69, 9.17) is 22.8 Å². The molecule has 0 aliphatic rings. The molecular formula is C29H26F3NO8S. The molecule has 3 aromatic carbocycles. The van der Waals surface area contributed by atoms with Crippen molar-refractivity contribution in [3.05, 3.63) is 102 Å². The Hall–Kier alpha value is -4.65. The SMILES string of the molecule is COc1ccc(C(=O)N(Cc2ccc(OC)c(OS(=O)(=O)c3cccc(C(F)(F)F)c3)c2)Cc2ccco2)c(OC)c1. The molecule has 0 radical (unpaired) electrons. The highest BCUT2D eigenvalue weighted by atomic mass is 32.2. The van der Waals surface area contributed by atoms with E-state index in [0.29, 0.717) is 23.1 Å². The van der Waals surface area contributed by atoms with E-state index in [1.54, 1.807) is 36.4 Å². The Morgan fingerprint density at radius 3 is 2.24 bits per heavy atom. The lowest BCUT2D eigenvalue weighted by Crippen LogP contribution is -2.30. The summed E-state index contributed by atoms with van der Waals surface area (Å²) in [6, 6.07) is 15.6. The van der Waals surface area contributed by atoms with Gasteiger partial charge in [0.25, 0.3) is 5.91 Å². The van der Waals surface area contributed by atoms with Gasteiger partial charge in [0.2, 0.25) is 0 Å². The van der Waals surface area contributed by atoms with Crippen molar-refractivity contribution < 1.29 is 49.2 Å². The lowest BCUT2D eigenvalue weighted by Gasteiger charge is -2.23. The van der Waals surface area contributed by atoms with Crippen molar-refractivity contribution in [1.29, 1.82) is 0 Å². The minimum atomic E-state index is -4.75. The van der Waals surface area contributed by atoms with Crippen LogP contribution in [0.4, 0.5) is 13.2 Å². The van der Waals surface area contributed by atoms with Crippen molar-refractivity contribution in [2.45, 2.75) is 24.2 Å². The molecule has 0 N–H and O–H groups in total. The molecule has 1 amide bonds. The molecule has 0 aliphatic carbocycles. The van der Waals surface area contributed by atoms with E-state index < -0.39 is 32.7 Å². The van der Waals surface area contributed by atoms with E-state index in [2.05, 4.69) is 0 Å². The Bertz CT molecular complexity index is 1650. The first-order chi connectivity index (χ1) is 19.9. The molecule has 42 heavy (non-hydrogen) atoms. The first-order valence-corrected chi connectivity index (χ1v) is 13.7. The van der Waals surface area contributed by atoms with Gasteiger partial charge in [-0.25, -0.2) is 0 Å². The van der Waals surface area contributed by atoms with Gasteiger partial charge < -0.3 is 27.7 Å². The summed E-state index contributed by atoms with van der Waals surface area (Å²) in [6.45, 7) is 0.00441. The van der Waals surface area contributed by atoms with Crippen LogP contribution < -0.4 is 18.4 Å². The lowest BCUT2D eigenvalue weighted by atomic mass is 10.1. The van der Waals surface area contributed by atoms with Crippen molar-refractivity contribution in [3.63, 3.8) is 0 Å². The van der Waals surface area contributed by atoms with Crippen LogP contribution in [0.15, 0.2) is 88.4 Å². The first kappa shape index (κ1) is 30.3. The maximum Gasteiger partial charge on any atom is 0.416 e. The molecule has 1 heterocycles. The van der Waals surface area contributed by atoms with Gasteiger partial charge in [-0.3, -0.25) is 4.79 Å². The molecular weight excluding hydrogens is 579 g/mol. The zero-order chi connectivity index (χ0) is 30.5. The van der Waals surface area contributed by atoms with E-state index in [-0.39, 0.29) is 35.9 Å². The smallest absolute Gasteiger partial charge is 0.416 e. The van der Waals surface area contributed by atoms with Gasteiger partial charge >= 0.3 is 16.3 Å². The molecule has 0 bridgehead atoms. The van der Waals surface area contributed by atoms with Gasteiger partial charge in [-0.05, 0) is 60.2 Å². The monoisotopic (exact) mass is 605 g/mol. The molecule has 13 heteroatoms. The summed E-state index contributed by atoms with van der Waals surface area (Å²) < 4.78 is 92.0. The van der Waals surface area contributed by atoms with Crippen LogP contribution in [0.1, 0.15) is 27.2 Å². The minimum Gasteiger partial charge on any atom is -0.497 e. The summed E-state index contributed by atoms with van der Waals surface area (Å²) in [6.07, 6.45) is -3.29. The Morgan fingerprint density at radius 2 is 1.60 bits per heavy atom. The number of carbonyl (C=O) groups excluding carboxylic acids is 1. The van der Waals surface area contributed by atoms with Crippen LogP contribution in [0.5, 0.6) is 23.0 Å². The summed E-state index contributed by atoms with van der Waals surface area (Å²) in [5.74, 6) is 0.540. The van der Waals surface area contributed by atoms with Gasteiger partial charge in [0.05, 0.1) is 45.3 Å². The lowest BCUT2D eigenvalue weighted by molar-refractivity contribution is -0.137. The van der Waals surface area contributed by atoms with Gasteiger partial charge in [-0.1, -0.05) is 12.1 Å². The summed E-state index contributed by atoms with van der Waals surface area (Å²) in [4.78, 5) is 14.5. The highest BCUT2D eigenvalue weighted by Crippen LogP contribution is 2.34. The number of methoxy groups -OCH3 is 3. The number of furan rings is 1. The van der Waals surface area contributed by atoms with Gasteiger partial charge in [-0.15, -0.1) is 0 Å². The van der Waals surface area contributed by atoms with E-state index in [1.165, 1.54) is 44.6 Å². The molecule has 0 saturated heterocycles. The van der Waals surface area contributed by atoms with E-state index in [9.17, 15) is 26.4 Å². The number of rotatable bonds is 11. The third-order valence-electron chi connectivity index (χ3n) is 6.10. The van der Waals surface area contributed by atoms with Gasteiger partial charge in [0.1, 0.15) is 22.2 Å².